The molecule has 0 aromatic heterocycles. The van der Waals surface area contributed by atoms with E-state index in [2.05, 4.69) is 5.32 Å². The zero-order valence-electron chi connectivity index (χ0n) is 14.4. The molecule has 2 amide bonds. The van der Waals surface area contributed by atoms with Gasteiger partial charge in [-0.05, 0) is 44.5 Å². The molecule has 2 rings (SSSR count). The van der Waals surface area contributed by atoms with E-state index in [4.69, 9.17) is 9.47 Å². The minimum atomic E-state index is -0.258. The first-order chi connectivity index (χ1) is 11.6. The lowest BCUT2D eigenvalue weighted by atomic mass is 10.1. The van der Waals surface area contributed by atoms with E-state index in [-0.39, 0.29) is 18.4 Å². The molecule has 6 heteroatoms. The Kier molecular flexibility index (Phi) is 7.06. The summed E-state index contributed by atoms with van der Waals surface area (Å²) >= 11 is 0. The second kappa shape index (κ2) is 9.27. The van der Waals surface area contributed by atoms with E-state index in [0.29, 0.717) is 37.8 Å². The minimum absolute atomic E-state index is 0.00740. The van der Waals surface area contributed by atoms with Gasteiger partial charge in [0.15, 0.2) is 0 Å². The van der Waals surface area contributed by atoms with Crippen LogP contribution in [0.3, 0.4) is 0 Å². The van der Waals surface area contributed by atoms with Crippen molar-refractivity contribution in [1.82, 2.24) is 10.2 Å². The van der Waals surface area contributed by atoms with Crippen molar-refractivity contribution in [2.45, 2.75) is 20.3 Å². The highest BCUT2D eigenvalue weighted by molar-refractivity contribution is 5.96. The van der Waals surface area contributed by atoms with Crippen molar-refractivity contribution in [2.24, 2.45) is 5.92 Å². The fourth-order valence-corrected chi connectivity index (χ4v) is 2.69. The summed E-state index contributed by atoms with van der Waals surface area (Å²) in [7, 11) is 0. The Morgan fingerprint density at radius 1 is 1.29 bits per heavy atom. The van der Waals surface area contributed by atoms with Crippen LogP contribution in [-0.2, 0) is 9.53 Å². The van der Waals surface area contributed by atoms with Crippen molar-refractivity contribution in [2.75, 3.05) is 39.5 Å². The van der Waals surface area contributed by atoms with Gasteiger partial charge in [-0.25, -0.2) is 0 Å². The first-order valence-electron chi connectivity index (χ1n) is 8.50. The molecule has 1 saturated heterocycles. The fourth-order valence-electron chi connectivity index (χ4n) is 2.69. The molecule has 0 radical (unpaired) electrons. The summed E-state index contributed by atoms with van der Waals surface area (Å²) in [4.78, 5) is 26.2. The molecule has 1 aliphatic rings. The van der Waals surface area contributed by atoms with Crippen molar-refractivity contribution in [3.05, 3.63) is 29.8 Å². The number of likely N-dealkylation sites (N-methyl/N-ethyl adjacent to an activating group) is 1. The molecule has 24 heavy (non-hydrogen) atoms. The van der Waals surface area contributed by atoms with Gasteiger partial charge in [-0.1, -0.05) is 0 Å². The van der Waals surface area contributed by atoms with Crippen molar-refractivity contribution >= 4 is 11.8 Å². The molecule has 1 fully saturated rings. The van der Waals surface area contributed by atoms with Gasteiger partial charge >= 0.3 is 0 Å². The van der Waals surface area contributed by atoms with E-state index in [0.717, 1.165) is 18.8 Å². The highest BCUT2D eigenvalue weighted by Crippen LogP contribution is 2.14. The Balaban J connectivity index is 1.81. The van der Waals surface area contributed by atoms with E-state index in [1.54, 1.807) is 29.2 Å². The van der Waals surface area contributed by atoms with Crippen LogP contribution in [0.15, 0.2) is 24.3 Å². The molecule has 1 aromatic rings. The Labute approximate surface area is 143 Å². The first-order valence-corrected chi connectivity index (χ1v) is 8.50. The lowest BCUT2D eigenvalue weighted by Crippen LogP contribution is -2.42. The topological polar surface area (TPSA) is 67.9 Å². The quantitative estimate of drug-likeness (QED) is 0.786. The summed E-state index contributed by atoms with van der Waals surface area (Å²) in [5.41, 5.74) is 0.512. The van der Waals surface area contributed by atoms with Crippen LogP contribution in [0, 0.1) is 5.92 Å². The molecule has 0 spiro atoms. The van der Waals surface area contributed by atoms with Gasteiger partial charge in [0.2, 0.25) is 5.91 Å². The molecule has 1 N–H and O–H groups in total. The lowest BCUT2D eigenvalue weighted by molar-refractivity contribution is -0.130. The van der Waals surface area contributed by atoms with Crippen LogP contribution in [0.5, 0.6) is 5.75 Å². The highest BCUT2D eigenvalue weighted by atomic mass is 16.5. The van der Waals surface area contributed by atoms with Crippen molar-refractivity contribution < 1.29 is 19.1 Å². The van der Waals surface area contributed by atoms with Crippen molar-refractivity contribution in [1.29, 1.82) is 0 Å². The maximum atomic E-state index is 12.3. The van der Waals surface area contributed by atoms with Gasteiger partial charge in [0.1, 0.15) is 5.75 Å². The summed E-state index contributed by atoms with van der Waals surface area (Å²) in [6, 6.07) is 6.88. The minimum Gasteiger partial charge on any atom is -0.494 e. The SMILES string of the molecule is CCOc1ccc(C(=O)NCC(=O)N(CC)C[C@@H]2CCOC2)cc1. The third kappa shape index (κ3) is 5.23. The molecular weight excluding hydrogens is 308 g/mol. The zero-order valence-corrected chi connectivity index (χ0v) is 14.4. The van der Waals surface area contributed by atoms with Gasteiger partial charge in [-0.3, -0.25) is 9.59 Å². The normalized spacial score (nSPS) is 16.7. The number of hydrogen-bond acceptors (Lipinski definition) is 4. The summed E-state index contributed by atoms with van der Waals surface area (Å²) in [5, 5.41) is 2.69. The number of rotatable bonds is 8. The summed E-state index contributed by atoms with van der Waals surface area (Å²) in [6.45, 7) is 7.24. The van der Waals surface area contributed by atoms with Gasteiger partial charge < -0.3 is 19.7 Å². The van der Waals surface area contributed by atoms with Gasteiger partial charge in [0.05, 0.1) is 19.8 Å². The zero-order chi connectivity index (χ0) is 17.4. The Morgan fingerprint density at radius 3 is 2.62 bits per heavy atom. The Morgan fingerprint density at radius 2 is 2.04 bits per heavy atom. The maximum Gasteiger partial charge on any atom is 0.251 e. The van der Waals surface area contributed by atoms with Gasteiger partial charge in [-0.2, -0.15) is 0 Å². The number of benzene rings is 1. The Hall–Kier alpha value is -2.08. The van der Waals surface area contributed by atoms with E-state index in [1.807, 2.05) is 13.8 Å². The molecular formula is C18H26N2O4. The number of carbonyl (C=O) groups is 2. The number of amides is 2. The lowest BCUT2D eigenvalue weighted by Gasteiger charge is -2.23. The third-order valence-corrected chi connectivity index (χ3v) is 4.06. The molecule has 0 unspecified atom stereocenters. The predicted molar refractivity (Wildman–Crippen MR) is 91.1 cm³/mol. The largest absolute Gasteiger partial charge is 0.494 e. The third-order valence-electron chi connectivity index (χ3n) is 4.06. The second-order valence-corrected chi connectivity index (χ2v) is 5.80. The van der Waals surface area contributed by atoms with Crippen LogP contribution < -0.4 is 10.1 Å². The highest BCUT2D eigenvalue weighted by Gasteiger charge is 2.21. The molecule has 1 aromatic carbocycles. The van der Waals surface area contributed by atoms with Gasteiger partial charge in [0.25, 0.3) is 5.91 Å². The summed E-state index contributed by atoms with van der Waals surface area (Å²) in [6.07, 6.45) is 0.988. The molecule has 0 bridgehead atoms. The molecule has 1 aliphatic heterocycles. The van der Waals surface area contributed by atoms with Crippen molar-refractivity contribution in [3.63, 3.8) is 0 Å². The van der Waals surface area contributed by atoms with Gasteiger partial charge in [-0.15, -0.1) is 0 Å². The van der Waals surface area contributed by atoms with Crippen LogP contribution >= 0.6 is 0 Å². The molecule has 132 valence electrons. The van der Waals surface area contributed by atoms with E-state index >= 15 is 0 Å². The van der Waals surface area contributed by atoms with Gasteiger partial charge in [0, 0.05) is 31.2 Å². The monoisotopic (exact) mass is 334 g/mol. The van der Waals surface area contributed by atoms with E-state index < -0.39 is 0 Å². The van der Waals surface area contributed by atoms with Crippen molar-refractivity contribution in [3.8, 4) is 5.75 Å². The van der Waals surface area contributed by atoms with Crippen LogP contribution in [-0.4, -0.2) is 56.2 Å². The Bertz CT molecular complexity index is 538. The molecule has 6 nitrogen and oxygen atoms in total. The van der Waals surface area contributed by atoms with E-state index in [9.17, 15) is 9.59 Å². The average Bonchev–Trinajstić information content (AvgIpc) is 3.11. The second-order valence-electron chi connectivity index (χ2n) is 5.80. The molecule has 0 saturated carbocycles. The van der Waals surface area contributed by atoms with E-state index in [1.165, 1.54) is 0 Å². The summed E-state index contributed by atoms with van der Waals surface area (Å²) in [5.74, 6) is 0.798. The fraction of sp³-hybridized carbons (Fsp3) is 0.556. The van der Waals surface area contributed by atoms with Crippen LogP contribution in [0.1, 0.15) is 30.6 Å². The standard InChI is InChI=1S/C18H26N2O4/c1-3-20(12-14-9-10-23-13-14)17(21)11-19-18(22)15-5-7-16(8-6-15)24-4-2/h5-8,14H,3-4,9-13H2,1-2H3,(H,19,22)/t14-/m0/s1. The molecule has 1 heterocycles. The maximum absolute atomic E-state index is 12.3. The number of nitrogens with one attached hydrogen (secondary N) is 1. The summed E-state index contributed by atoms with van der Waals surface area (Å²) < 4.78 is 10.7. The number of hydrogen-bond donors (Lipinski definition) is 1. The van der Waals surface area contributed by atoms with Crippen LogP contribution in [0.4, 0.5) is 0 Å². The van der Waals surface area contributed by atoms with Crippen LogP contribution in [0.25, 0.3) is 0 Å². The van der Waals surface area contributed by atoms with Crippen LogP contribution in [0.2, 0.25) is 0 Å². The smallest absolute Gasteiger partial charge is 0.251 e. The average molecular weight is 334 g/mol. The number of carbonyl (C=O) groups excluding carboxylic acids is 2. The number of ether oxygens (including phenoxy) is 2. The first kappa shape index (κ1) is 18.3. The molecule has 1 atom stereocenters. The number of nitrogens with zero attached hydrogens (tertiary/aromatic N) is 1. The molecule has 0 aliphatic carbocycles. The predicted octanol–water partition coefficient (Wildman–Crippen LogP) is 1.70.